The monoisotopic (exact) mass is 700 g/mol. The molecule has 0 amide bonds. The zero-order valence-electron chi connectivity index (χ0n) is 29.1. The average molecular weight is 701 g/mol. The summed E-state index contributed by atoms with van der Waals surface area (Å²) in [6.07, 6.45) is 15.2. The molecule has 51 heavy (non-hydrogen) atoms. The Morgan fingerprint density at radius 1 is 1.04 bits per heavy atom. The molecule has 3 aromatic rings. The second-order valence-corrected chi connectivity index (χ2v) is 12.7. The summed E-state index contributed by atoms with van der Waals surface area (Å²) < 4.78 is 40.5. The molecule has 1 fully saturated rings. The fourth-order valence-corrected chi connectivity index (χ4v) is 6.05. The molecule has 5 rings (SSSR count). The van der Waals surface area contributed by atoms with Gasteiger partial charge in [-0.2, -0.15) is 0 Å². The molecule has 0 radical (unpaired) electrons. The number of ether oxygens (including phenoxy) is 4. The molecule has 0 aliphatic carbocycles. The van der Waals surface area contributed by atoms with Crippen LogP contribution in [0.4, 0.5) is 10.1 Å². The first-order valence-electron chi connectivity index (χ1n) is 16.9. The number of halogens is 1. The summed E-state index contributed by atoms with van der Waals surface area (Å²) in [7, 11) is 2.00. The van der Waals surface area contributed by atoms with Crippen LogP contribution in [0.2, 0.25) is 0 Å². The Balaban J connectivity index is 1.50. The number of terminal acetylenes is 2. The van der Waals surface area contributed by atoms with Crippen LogP contribution in [0.5, 0.6) is 11.5 Å². The Kier molecular flexibility index (Phi) is 12.0. The van der Waals surface area contributed by atoms with Gasteiger partial charge in [0.15, 0.2) is 17.3 Å². The van der Waals surface area contributed by atoms with Crippen molar-refractivity contribution in [1.29, 1.82) is 0 Å². The van der Waals surface area contributed by atoms with Crippen LogP contribution in [0.15, 0.2) is 23.3 Å². The number of hydrogen-bond donors (Lipinski definition) is 0. The van der Waals surface area contributed by atoms with Gasteiger partial charge in [0.25, 0.3) is 0 Å². The van der Waals surface area contributed by atoms with Crippen molar-refractivity contribution in [3.8, 4) is 36.2 Å². The van der Waals surface area contributed by atoms with Crippen LogP contribution in [0.25, 0.3) is 10.9 Å². The molecule has 1 atom stereocenters. The van der Waals surface area contributed by atoms with Crippen LogP contribution >= 0.6 is 0 Å². The number of pyridine rings is 2. The van der Waals surface area contributed by atoms with Crippen LogP contribution in [0.1, 0.15) is 78.7 Å². The minimum Gasteiger partial charge on any atom is -0.487 e. The van der Waals surface area contributed by atoms with Crippen molar-refractivity contribution in [2.24, 2.45) is 0 Å². The predicted molar refractivity (Wildman–Crippen MR) is 187 cm³/mol. The predicted octanol–water partition coefficient (Wildman–Crippen LogP) is 4.46. The smallest absolute Gasteiger partial charge is 0.349 e. The van der Waals surface area contributed by atoms with Gasteiger partial charge in [-0.15, -0.1) is 24.7 Å². The lowest BCUT2D eigenvalue weighted by Crippen LogP contribution is -2.45. The SMILES string of the molecule is C#CCCCC(=O)OCc1cnc(C)c(OC(=O)c2cn3c4c(c(N5CCN(C)CC5)c(F)cc4c2=O)OC[C@@H]3C)c1COC(=O)CCCC#C. The standard InChI is InChI=1S/C38H41FN4O8/c1-6-8-10-12-31(44)48-22-26-19-40-25(4)36(29(26)23-49-32(45)13-11-9-7-2)51-38(47)28-20-43-24(3)21-50-37-33(43)27(35(28)46)18-30(39)34(37)42-16-14-41(5)15-17-42/h1-2,18-20,24H,8-17,21-23H2,3-5H3/t24-/m0/s1. The van der Waals surface area contributed by atoms with Crippen molar-refractivity contribution in [1.82, 2.24) is 14.5 Å². The number of piperazine rings is 1. The van der Waals surface area contributed by atoms with Gasteiger partial charge in [-0.1, -0.05) is 0 Å². The maximum absolute atomic E-state index is 15.9. The molecule has 1 aromatic carbocycles. The zero-order chi connectivity index (χ0) is 36.7. The van der Waals surface area contributed by atoms with E-state index in [1.54, 1.807) is 11.5 Å². The van der Waals surface area contributed by atoms with E-state index in [2.05, 4.69) is 21.7 Å². The topological polar surface area (TPSA) is 130 Å². The number of esters is 3. The van der Waals surface area contributed by atoms with Gasteiger partial charge in [0, 0.05) is 75.4 Å². The van der Waals surface area contributed by atoms with Gasteiger partial charge in [0.05, 0.1) is 22.6 Å². The molecule has 2 aliphatic heterocycles. The first-order chi connectivity index (χ1) is 24.5. The average Bonchev–Trinajstić information content (AvgIpc) is 3.11. The third-order valence-corrected chi connectivity index (χ3v) is 8.95. The summed E-state index contributed by atoms with van der Waals surface area (Å²) in [5.41, 5.74) is 0.414. The maximum atomic E-state index is 15.9. The Labute approximate surface area is 295 Å². The van der Waals surface area contributed by atoms with Crippen LogP contribution < -0.4 is 19.8 Å². The molecule has 4 heterocycles. The maximum Gasteiger partial charge on any atom is 0.349 e. The molecule has 1 saturated heterocycles. The number of unbranched alkanes of at least 4 members (excludes halogenated alkanes) is 2. The molecule has 0 saturated carbocycles. The molecule has 0 N–H and O–H groups in total. The Hall–Kier alpha value is -5.40. The first kappa shape index (κ1) is 36.9. The fraction of sp³-hybridized carbons (Fsp3) is 0.447. The first-order valence-corrected chi connectivity index (χ1v) is 16.9. The lowest BCUT2D eigenvalue weighted by molar-refractivity contribution is -0.146. The number of nitrogens with zero attached hydrogens (tertiary/aromatic N) is 4. The summed E-state index contributed by atoms with van der Waals surface area (Å²) >= 11 is 0. The lowest BCUT2D eigenvalue weighted by atomic mass is 10.0. The minimum absolute atomic E-state index is 0.0251. The highest BCUT2D eigenvalue weighted by atomic mass is 19.1. The molecule has 12 nitrogen and oxygen atoms in total. The molecule has 13 heteroatoms. The quantitative estimate of drug-likeness (QED) is 0.142. The van der Waals surface area contributed by atoms with E-state index in [9.17, 15) is 19.2 Å². The van der Waals surface area contributed by atoms with Gasteiger partial charge in [-0.25, -0.2) is 9.18 Å². The van der Waals surface area contributed by atoms with E-state index in [-0.39, 0.29) is 72.4 Å². The lowest BCUT2D eigenvalue weighted by Gasteiger charge is -2.37. The highest BCUT2D eigenvalue weighted by Crippen LogP contribution is 2.42. The molecular formula is C38H41FN4O8. The number of carbonyl (C=O) groups is 3. The zero-order valence-corrected chi connectivity index (χ0v) is 29.1. The number of likely N-dealkylation sites (N-methyl/N-ethyl adjacent to an activating group) is 1. The van der Waals surface area contributed by atoms with E-state index in [1.807, 2.05) is 18.9 Å². The third-order valence-electron chi connectivity index (χ3n) is 8.95. The number of aromatic nitrogens is 2. The number of aryl methyl sites for hydroxylation is 1. The van der Waals surface area contributed by atoms with E-state index < -0.39 is 29.2 Å². The van der Waals surface area contributed by atoms with Gasteiger partial charge in [0.2, 0.25) is 5.43 Å². The molecule has 0 unspecified atom stereocenters. The van der Waals surface area contributed by atoms with Crippen molar-refractivity contribution in [3.05, 3.63) is 56.9 Å². The number of rotatable bonds is 13. The summed E-state index contributed by atoms with van der Waals surface area (Å²) in [6, 6.07) is 0.851. The van der Waals surface area contributed by atoms with E-state index in [4.69, 9.17) is 31.8 Å². The number of carbonyl (C=O) groups excluding carboxylic acids is 3. The second-order valence-electron chi connectivity index (χ2n) is 12.7. The largest absolute Gasteiger partial charge is 0.487 e. The second kappa shape index (κ2) is 16.5. The van der Waals surface area contributed by atoms with Gasteiger partial charge < -0.3 is 33.3 Å². The van der Waals surface area contributed by atoms with Crippen LogP contribution in [0.3, 0.4) is 0 Å². The normalized spacial score (nSPS) is 15.4. The molecule has 0 bridgehead atoms. The van der Waals surface area contributed by atoms with Crippen molar-refractivity contribution in [3.63, 3.8) is 0 Å². The highest BCUT2D eigenvalue weighted by molar-refractivity contribution is 5.98. The van der Waals surface area contributed by atoms with Gasteiger partial charge >= 0.3 is 17.9 Å². The Bertz CT molecular complexity index is 1970. The summed E-state index contributed by atoms with van der Waals surface area (Å²) in [5.74, 6) is 2.45. The van der Waals surface area contributed by atoms with E-state index in [0.717, 1.165) is 19.2 Å². The minimum atomic E-state index is -1.02. The molecule has 0 spiro atoms. The van der Waals surface area contributed by atoms with Gasteiger partial charge in [-0.05, 0) is 39.8 Å². The Morgan fingerprint density at radius 3 is 2.33 bits per heavy atom. The van der Waals surface area contributed by atoms with Crippen LogP contribution in [-0.4, -0.2) is 72.2 Å². The van der Waals surface area contributed by atoms with Crippen molar-refractivity contribution in [2.45, 2.75) is 71.6 Å². The van der Waals surface area contributed by atoms with Crippen molar-refractivity contribution >= 4 is 34.5 Å². The van der Waals surface area contributed by atoms with Crippen LogP contribution in [0, 0.1) is 37.4 Å². The van der Waals surface area contributed by atoms with Gasteiger partial charge in [0.1, 0.15) is 31.1 Å². The summed E-state index contributed by atoms with van der Waals surface area (Å²) in [5, 5.41) is -0.0251. The highest BCUT2D eigenvalue weighted by Gasteiger charge is 2.32. The van der Waals surface area contributed by atoms with Crippen molar-refractivity contribution in [2.75, 3.05) is 44.7 Å². The number of benzene rings is 1. The van der Waals surface area contributed by atoms with Crippen molar-refractivity contribution < 1.29 is 37.7 Å². The van der Waals surface area contributed by atoms with E-state index in [1.165, 1.54) is 12.4 Å². The molecule has 2 aliphatic rings. The molecule has 268 valence electrons. The van der Waals surface area contributed by atoms with E-state index >= 15 is 4.39 Å². The van der Waals surface area contributed by atoms with E-state index in [0.29, 0.717) is 55.5 Å². The van der Waals surface area contributed by atoms with Gasteiger partial charge in [-0.3, -0.25) is 19.4 Å². The third kappa shape index (κ3) is 8.33. The molecular weight excluding hydrogens is 659 g/mol. The van der Waals surface area contributed by atoms with Crippen LogP contribution in [-0.2, 0) is 32.3 Å². The summed E-state index contributed by atoms with van der Waals surface area (Å²) in [6.45, 7) is 5.67. The number of anilines is 1. The summed E-state index contributed by atoms with van der Waals surface area (Å²) in [4.78, 5) is 61.1. The Morgan fingerprint density at radius 2 is 1.69 bits per heavy atom. The molecule has 2 aromatic heterocycles. The fourth-order valence-electron chi connectivity index (χ4n) is 6.05. The number of hydrogen-bond acceptors (Lipinski definition) is 11.